The summed E-state index contributed by atoms with van der Waals surface area (Å²) in [5, 5.41) is 9.72. The number of nitrogens with one attached hydrogen (secondary N) is 1. The fourth-order valence-corrected chi connectivity index (χ4v) is 2.27. The number of aromatic nitrogens is 2. The van der Waals surface area contributed by atoms with Crippen molar-refractivity contribution in [1.29, 1.82) is 0 Å². The highest BCUT2D eigenvalue weighted by atomic mass is 35.5. The van der Waals surface area contributed by atoms with Crippen LogP contribution in [0.1, 0.15) is 21.7 Å². The maximum Gasteiger partial charge on any atom is 0.258 e. The van der Waals surface area contributed by atoms with Gasteiger partial charge in [-0.05, 0) is 25.1 Å². The molecule has 6 nitrogen and oxygen atoms in total. The first kappa shape index (κ1) is 16.3. The molecule has 22 heavy (non-hydrogen) atoms. The number of halogens is 1. The van der Waals surface area contributed by atoms with Crippen LogP contribution in [-0.2, 0) is 6.54 Å². The Morgan fingerprint density at radius 1 is 1.50 bits per heavy atom. The van der Waals surface area contributed by atoms with Gasteiger partial charge in [-0.2, -0.15) is 0 Å². The van der Waals surface area contributed by atoms with Gasteiger partial charge in [-0.25, -0.2) is 4.98 Å². The Bertz CT molecular complexity index is 657. The third-order valence-corrected chi connectivity index (χ3v) is 3.56. The average molecular weight is 324 g/mol. The molecule has 0 aliphatic rings. The fourth-order valence-electron chi connectivity index (χ4n) is 2.11. The molecule has 0 aliphatic heterocycles. The summed E-state index contributed by atoms with van der Waals surface area (Å²) in [5.74, 6) is 0.157. The van der Waals surface area contributed by atoms with Crippen LogP contribution in [0.15, 0.2) is 24.5 Å². The van der Waals surface area contributed by atoms with Gasteiger partial charge in [-0.1, -0.05) is 11.6 Å². The number of rotatable bonds is 6. The quantitative estimate of drug-likeness (QED) is 0.852. The zero-order valence-corrected chi connectivity index (χ0v) is 13.2. The highest BCUT2D eigenvalue weighted by Crippen LogP contribution is 2.25. The number of aryl methyl sites for hydroxylation is 1. The SMILES string of the molecule is COc1cc(Cl)ccc1C(=O)N(CCO)Cc1nc[nH]c1C. The first-order chi connectivity index (χ1) is 10.6. The van der Waals surface area contributed by atoms with Gasteiger partial charge >= 0.3 is 0 Å². The van der Waals surface area contributed by atoms with Crippen LogP contribution >= 0.6 is 11.6 Å². The van der Waals surface area contributed by atoms with E-state index in [1.54, 1.807) is 24.5 Å². The number of methoxy groups -OCH3 is 1. The molecule has 118 valence electrons. The third-order valence-electron chi connectivity index (χ3n) is 3.33. The topological polar surface area (TPSA) is 78.4 Å². The number of carbonyl (C=O) groups is 1. The molecule has 0 fully saturated rings. The van der Waals surface area contributed by atoms with Crippen molar-refractivity contribution >= 4 is 17.5 Å². The van der Waals surface area contributed by atoms with Gasteiger partial charge in [0.25, 0.3) is 5.91 Å². The molecule has 0 radical (unpaired) electrons. The first-order valence-electron chi connectivity index (χ1n) is 6.79. The van der Waals surface area contributed by atoms with Crippen LogP contribution < -0.4 is 4.74 Å². The van der Waals surface area contributed by atoms with Crippen LogP contribution in [0, 0.1) is 6.92 Å². The Kier molecular flexibility index (Phi) is 5.41. The number of imidazole rings is 1. The van der Waals surface area contributed by atoms with Crippen LogP contribution in [-0.4, -0.2) is 46.1 Å². The van der Waals surface area contributed by atoms with E-state index < -0.39 is 0 Å². The minimum absolute atomic E-state index is 0.134. The van der Waals surface area contributed by atoms with E-state index in [9.17, 15) is 9.90 Å². The number of amides is 1. The van der Waals surface area contributed by atoms with E-state index in [1.165, 1.54) is 12.0 Å². The normalized spacial score (nSPS) is 10.5. The molecule has 2 rings (SSSR count). The van der Waals surface area contributed by atoms with Crippen molar-refractivity contribution in [1.82, 2.24) is 14.9 Å². The third kappa shape index (κ3) is 3.58. The summed E-state index contributed by atoms with van der Waals surface area (Å²) < 4.78 is 5.22. The van der Waals surface area contributed by atoms with Gasteiger partial charge in [-0.15, -0.1) is 0 Å². The van der Waals surface area contributed by atoms with Crippen molar-refractivity contribution < 1.29 is 14.6 Å². The molecule has 1 amide bonds. The van der Waals surface area contributed by atoms with Crippen LogP contribution in [0.2, 0.25) is 5.02 Å². The Morgan fingerprint density at radius 2 is 2.27 bits per heavy atom. The summed E-state index contributed by atoms with van der Waals surface area (Å²) in [4.78, 5) is 21.4. The summed E-state index contributed by atoms with van der Waals surface area (Å²) in [6.07, 6.45) is 1.58. The van der Waals surface area contributed by atoms with Crippen molar-refractivity contribution in [3.8, 4) is 5.75 Å². The molecule has 0 spiro atoms. The van der Waals surface area contributed by atoms with Crippen molar-refractivity contribution in [2.75, 3.05) is 20.3 Å². The molecule has 1 aromatic carbocycles. The Balaban J connectivity index is 2.28. The average Bonchev–Trinajstić information content (AvgIpc) is 2.91. The van der Waals surface area contributed by atoms with Gasteiger partial charge < -0.3 is 19.7 Å². The maximum atomic E-state index is 12.7. The zero-order chi connectivity index (χ0) is 16.1. The monoisotopic (exact) mass is 323 g/mol. The maximum absolute atomic E-state index is 12.7. The highest BCUT2D eigenvalue weighted by Gasteiger charge is 2.21. The van der Waals surface area contributed by atoms with Crippen LogP contribution in [0.25, 0.3) is 0 Å². The lowest BCUT2D eigenvalue weighted by Crippen LogP contribution is -2.33. The standard InChI is InChI=1S/C15H18ClN3O3/c1-10-13(18-9-17-10)8-19(5-6-20)15(21)12-4-3-11(16)7-14(12)22-2/h3-4,7,9,20H,5-6,8H2,1-2H3,(H,17,18). The minimum Gasteiger partial charge on any atom is -0.496 e. The molecule has 0 aliphatic carbocycles. The van der Waals surface area contributed by atoms with E-state index in [1.807, 2.05) is 6.92 Å². The molecule has 2 N–H and O–H groups in total. The number of hydrogen-bond acceptors (Lipinski definition) is 4. The lowest BCUT2D eigenvalue weighted by atomic mass is 10.1. The summed E-state index contributed by atoms with van der Waals surface area (Å²) in [6, 6.07) is 4.84. The lowest BCUT2D eigenvalue weighted by Gasteiger charge is -2.22. The van der Waals surface area contributed by atoms with Crippen molar-refractivity contribution in [3.63, 3.8) is 0 Å². The summed E-state index contributed by atoms with van der Waals surface area (Å²) in [5.41, 5.74) is 2.04. The molecule has 0 saturated heterocycles. The molecule has 1 heterocycles. The van der Waals surface area contributed by atoms with E-state index in [4.69, 9.17) is 16.3 Å². The van der Waals surface area contributed by atoms with E-state index in [-0.39, 0.29) is 19.1 Å². The van der Waals surface area contributed by atoms with Gasteiger partial charge in [0.1, 0.15) is 5.75 Å². The predicted molar refractivity (Wildman–Crippen MR) is 83.2 cm³/mol. The lowest BCUT2D eigenvalue weighted by molar-refractivity contribution is 0.0702. The number of aromatic amines is 1. The van der Waals surface area contributed by atoms with Gasteiger partial charge in [0.05, 0.1) is 37.8 Å². The minimum atomic E-state index is -0.245. The number of aliphatic hydroxyl groups excluding tert-OH is 1. The van der Waals surface area contributed by atoms with E-state index in [0.29, 0.717) is 22.9 Å². The van der Waals surface area contributed by atoms with Crippen molar-refractivity contribution in [3.05, 3.63) is 46.5 Å². The number of hydrogen-bond donors (Lipinski definition) is 2. The van der Waals surface area contributed by atoms with Gasteiger partial charge in [-0.3, -0.25) is 4.79 Å². The fraction of sp³-hybridized carbons (Fsp3) is 0.333. The first-order valence-corrected chi connectivity index (χ1v) is 7.17. The van der Waals surface area contributed by atoms with E-state index >= 15 is 0 Å². The number of ether oxygens (including phenoxy) is 1. The second-order valence-electron chi connectivity index (χ2n) is 4.77. The van der Waals surface area contributed by atoms with Crippen LogP contribution in [0.3, 0.4) is 0 Å². The highest BCUT2D eigenvalue weighted by molar-refractivity contribution is 6.30. The van der Waals surface area contributed by atoms with Gasteiger partial charge in [0.15, 0.2) is 0 Å². The van der Waals surface area contributed by atoms with Crippen LogP contribution in [0.5, 0.6) is 5.75 Å². The molecule has 0 atom stereocenters. The molecular formula is C15H18ClN3O3. The summed E-state index contributed by atoms with van der Waals surface area (Å²) in [7, 11) is 1.48. The van der Waals surface area contributed by atoms with E-state index in [2.05, 4.69) is 9.97 Å². The Morgan fingerprint density at radius 3 is 2.86 bits per heavy atom. The molecule has 0 bridgehead atoms. The zero-order valence-electron chi connectivity index (χ0n) is 12.5. The predicted octanol–water partition coefficient (Wildman–Crippen LogP) is 2.01. The molecule has 2 aromatic rings. The van der Waals surface area contributed by atoms with Crippen molar-refractivity contribution in [2.24, 2.45) is 0 Å². The van der Waals surface area contributed by atoms with Crippen molar-refractivity contribution in [2.45, 2.75) is 13.5 Å². The molecule has 7 heteroatoms. The molecule has 1 aromatic heterocycles. The Hall–Kier alpha value is -2.05. The number of H-pyrrole nitrogens is 1. The number of aliphatic hydroxyl groups is 1. The molecule has 0 saturated carbocycles. The second kappa shape index (κ2) is 7.29. The summed E-state index contributed by atoms with van der Waals surface area (Å²) in [6.45, 7) is 2.26. The van der Waals surface area contributed by atoms with Gasteiger partial charge in [0, 0.05) is 17.3 Å². The largest absolute Gasteiger partial charge is 0.496 e. The van der Waals surface area contributed by atoms with E-state index in [0.717, 1.165) is 11.4 Å². The van der Waals surface area contributed by atoms with Gasteiger partial charge in [0.2, 0.25) is 0 Å². The smallest absolute Gasteiger partial charge is 0.258 e. The van der Waals surface area contributed by atoms with Crippen LogP contribution in [0.4, 0.5) is 0 Å². The molecule has 0 unspecified atom stereocenters. The number of benzene rings is 1. The second-order valence-corrected chi connectivity index (χ2v) is 5.21. The summed E-state index contributed by atoms with van der Waals surface area (Å²) >= 11 is 5.92. The number of carbonyl (C=O) groups excluding carboxylic acids is 1. The number of nitrogens with zero attached hydrogens (tertiary/aromatic N) is 2. The molecular weight excluding hydrogens is 306 g/mol. The Labute approximate surface area is 133 Å².